The molecule has 0 saturated carbocycles. The van der Waals surface area contributed by atoms with E-state index in [9.17, 15) is 19.8 Å². The molecule has 160 valence electrons. The van der Waals surface area contributed by atoms with Crippen molar-refractivity contribution in [3.8, 4) is 11.5 Å². The van der Waals surface area contributed by atoms with Crippen LogP contribution in [0.15, 0.2) is 84.9 Å². The number of ether oxygens (including phenoxy) is 2. The smallest absolute Gasteiger partial charge is 0.414 e. The molecule has 0 bridgehead atoms. The van der Waals surface area contributed by atoms with Crippen molar-refractivity contribution < 1.29 is 29.3 Å². The summed E-state index contributed by atoms with van der Waals surface area (Å²) in [6.45, 7) is -0.208. The molecule has 0 heterocycles. The summed E-state index contributed by atoms with van der Waals surface area (Å²) in [4.78, 5) is 24.8. The van der Waals surface area contributed by atoms with E-state index in [4.69, 9.17) is 9.47 Å². The fourth-order valence-electron chi connectivity index (χ4n) is 2.99. The molecule has 0 saturated heterocycles. The minimum atomic E-state index is -0.952. The molecule has 0 aromatic heterocycles. The molecule has 7 heteroatoms. The second-order valence-corrected chi connectivity index (χ2v) is 6.72. The number of phenols is 1. The molecule has 0 aliphatic rings. The van der Waals surface area contributed by atoms with Crippen molar-refractivity contribution in [3.63, 3.8) is 0 Å². The van der Waals surface area contributed by atoms with E-state index in [-0.39, 0.29) is 18.8 Å². The fourth-order valence-corrected chi connectivity index (χ4v) is 2.99. The highest BCUT2D eigenvalue weighted by atomic mass is 16.6. The topological polar surface area (TPSA) is 105 Å². The van der Waals surface area contributed by atoms with Gasteiger partial charge in [0.2, 0.25) is 0 Å². The van der Waals surface area contributed by atoms with Crippen LogP contribution in [0, 0.1) is 0 Å². The number of para-hydroxylation sites is 1. The number of carbonyl (C=O) groups excluding carboxylic acids is 2. The first-order valence-electron chi connectivity index (χ1n) is 9.75. The highest BCUT2D eigenvalue weighted by Gasteiger charge is 2.29. The van der Waals surface area contributed by atoms with Crippen LogP contribution >= 0.6 is 0 Å². The summed E-state index contributed by atoms with van der Waals surface area (Å²) in [7, 11) is 0. The summed E-state index contributed by atoms with van der Waals surface area (Å²) >= 11 is 0. The molecule has 3 rings (SSSR count). The molecule has 0 spiro atoms. The summed E-state index contributed by atoms with van der Waals surface area (Å²) in [5, 5.41) is 21.4. The molecule has 0 aliphatic heterocycles. The van der Waals surface area contributed by atoms with Crippen LogP contribution < -0.4 is 10.1 Å². The van der Waals surface area contributed by atoms with Crippen molar-refractivity contribution in [2.45, 2.75) is 18.6 Å². The van der Waals surface area contributed by atoms with Gasteiger partial charge < -0.3 is 19.7 Å². The Morgan fingerprint density at radius 2 is 1.48 bits per heavy atom. The number of phenolic OH excluding ortho intramolecular Hbond substituents is 1. The predicted molar refractivity (Wildman–Crippen MR) is 114 cm³/mol. The quantitative estimate of drug-likeness (QED) is 0.511. The van der Waals surface area contributed by atoms with Crippen LogP contribution in [0.1, 0.15) is 28.4 Å². The van der Waals surface area contributed by atoms with E-state index < -0.39 is 24.2 Å². The molecule has 3 aromatic carbocycles. The standard InChI is InChI=1S/C24H23NO6/c26-16-15-21(30-20-9-5-2-6-10-20)22(17-11-13-19(27)14-12-17)31-24(29)25-23(28)18-7-3-1-4-8-18/h1-14,21-22,26-27H,15-16H2,(H,25,28,29)/t21-,22-/m1/s1. The van der Waals surface area contributed by atoms with Crippen molar-refractivity contribution in [1.82, 2.24) is 5.32 Å². The van der Waals surface area contributed by atoms with E-state index in [0.29, 0.717) is 16.9 Å². The van der Waals surface area contributed by atoms with Crippen LogP contribution in [0.25, 0.3) is 0 Å². The molecule has 2 amide bonds. The zero-order valence-corrected chi connectivity index (χ0v) is 16.7. The number of aliphatic hydroxyl groups excluding tert-OH is 1. The Bertz CT molecular complexity index is 976. The third-order valence-corrected chi connectivity index (χ3v) is 4.49. The summed E-state index contributed by atoms with van der Waals surface area (Å²) < 4.78 is 11.5. The average Bonchev–Trinajstić information content (AvgIpc) is 2.79. The van der Waals surface area contributed by atoms with Crippen molar-refractivity contribution in [3.05, 3.63) is 96.1 Å². The van der Waals surface area contributed by atoms with Crippen LogP contribution in [-0.4, -0.2) is 34.9 Å². The van der Waals surface area contributed by atoms with Crippen LogP contribution in [0.5, 0.6) is 11.5 Å². The largest absolute Gasteiger partial charge is 0.508 e. The number of amides is 2. The number of carbonyl (C=O) groups is 2. The Morgan fingerprint density at radius 3 is 2.10 bits per heavy atom. The molecule has 7 nitrogen and oxygen atoms in total. The number of hydrogen-bond donors (Lipinski definition) is 3. The molecule has 3 aromatic rings. The Kier molecular flexibility index (Phi) is 7.61. The zero-order chi connectivity index (χ0) is 22.1. The second kappa shape index (κ2) is 10.8. The minimum absolute atomic E-state index is 0.0499. The van der Waals surface area contributed by atoms with Gasteiger partial charge in [0.1, 0.15) is 17.6 Å². The van der Waals surface area contributed by atoms with Crippen molar-refractivity contribution in [1.29, 1.82) is 0 Å². The average molecular weight is 421 g/mol. The first kappa shape index (κ1) is 21.9. The summed E-state index contributed by atoms with van der Waals surface area (Å²) in [5.41, 5.74) is 0.850. The molecule has 2 atom stereocenters. The molecule has 0 radical (unpaired) electrons. The lowest BCUT2D eigenvalue weighted by molar-refractivity contribution is 0.00387. The lowest BCUT2D eigenvalue weighted by Crippen LogP contribution is -2.36. The van der Waals surface area contributed by atoms with Crippen LogP contribution in [0.4, 0.5) is 4.79 Å². The van der Waals surface area contributed by atoms with E-state index in [1.807, 2.05) is 6.07 Å². The molecule has 0 aliphatic carbocycles. The third-order valence-electron chi connectivity index (χ3n) is 4.49. The first-order chi connectivity index (χ1) is 15.1. The number of aromatic hydroxyl groups is 1. The molecule has 31 heavy (non-hydrogen) atoms. The zero-order valence-electron chi connectivity index (χ0n) is 16.7. The lowest BCUT2D eigenvalue weighted by atomic mass is 10.0. The van der Waals surface area contributed by atoms with Crippen LogP contribution in [0.3, 0.4) is 0 Å². The summed E-state index contributed by atoms with van der Waals surface area (Å²) in [6.07, 6.45) is -2.47. The maximum atomic E-state index is 12.5. The van der Waals surface area contributed by atoms with Gasteiger partial charge in [0.05, 0.1) is 0 Å². The number of rotatable bonds is 8. The fraction of sp³-hybridized carbons (Fsp3) is 0.167. The number of hydrogen-bond acceptors (Lipinski definition) is 6. The third kappa shape index (κ3) is 6.32. The SMILES string of the molecule is O=C(NC(=O)c1ccccc1)O[C@H](c1ccc(O)cc1)[C@@H](CCO)Oc1ccccc1. The number of nitrogens with one attached hydrogen (secondary N) is 1. The highest BCUT2D eigenvalue weighted by molar-refractivity contribution is 6.02. The highest BCUT2D eigenvalue weighted by Crippen LogP contribution is 2.29. The van der Waals surface area contributed by atoms with Crippen LogP contribution in [-0.2, 0) is 4.74 Å². The van der Waals surface area contributed by atoms with E-state index in [1.54, 1.807) is 66.7 Å². The molecule has 0 unspecified atom stereocenters. The normalized spacial score (nSPS) is 12.4. The van der Waals surface area contributed by atoms with Gasteiger partial charge in [-0.25, -0.2) is 4.79 Å². The van der Waals surface area contributed by atoms with Crippen LogP contribution in [0.2, 0.25) is 0 Å². The first-order valence-corrected chi connectivity index (χ1v) is 9.75. The Labute approximate surface area is 179 Å². The van der Waals surface area contributed by atoms with Crippen molar-refractivity contribution in [2.24, 2.45) is 0 Å². The van der Waals surface area contributed by atoms with Gasteiger partial charge in [-0.3, -0.25) is 10.1 Å². The number of alkyl carbamates (subject to hydrolysis) is 1. The minimum Gasteiger partial charge on any atom is -0.508 e. The summed E-state index contributed by atoms with van der Waals surface area (Å²) in [5.74, 6) is -0.0132. The monoisotopic (exact) mass is 421 g/mol. The molecular formula is C24H23NO6. The van der Waals surface area contributed by atoms with E-state index >= 15 is 0 Å². The molecule has 3 N–H and O–H groups in total. The van der Waals surface area contributed by atoms with Gasteiger partial charge in [0, 0.05) is 18.6 Å². The summed E-state index contributed by atoms with van der Waals surface area (Å²) in [6, 6.07) is 23.3. The lowest BCUT2D eigenvalue weighted by Gasteiger charge is -2.28. The Hall–Kier alpha value is -3.84. The second-order valence-electron chi connectivity index (χ2n) is 6.72. The number of imide groups is 1. The van der Waals surface area contributed by atoms with Gasteiger partial charge >= 0.3 is 6.09 Å². The Balaban J connectivity index is 1.81. The van der Waals surface area contributed by atoms with E-state index in [1.165, 1.54) is 12.1 Å². The van der Waals surface area contributed by atoms with Gasteiger partial charge in [-0.15, -0.1) is 0 Å². The van der Waals surface area contributed by atoms with Gasteiger partial charge in [0.15, 0.2) is 6.10 Å². The number of aliphatic hydroxyl groups is 1. The maximum Gasteiger partial charge on any atom is 0.414 e. The maximum absolute atomic E-state index is 12.5. The number of benzene rings is 3. The molecule has 0 fully saturated rings. The van der Waals surface area contributed by atoms with Gasteiger partial charge in [-0.1, -0.05) is 48.5 Å². The Morgan fingerprint density at radius 1 is 0.871 bits per heavy atom. The van der Waals surface area contributed by atoms with Gasteiger partial charge in [-0.05, 0) is 42.0 Å². The van der Waals surface area contributed by atoms with Gasteiger partial charge in [-0.2, -0.15) is 0 Å². The predicted octanol–water partition coefficient (Wildman–Crippen LogP) is 3.83. The van der Waals surface area contributed by atoms with E-state index in [2.05, 4.69) is 5.32 Å². The molecular weight excluding hydrogens is 398 g/mol. The van der Waals surface area contributed by atoms with Crippen molar-refractivity contribution >= 4 is 12.0 Å². The van der Waals surface area contributed by atoms with Gasteiger partial charge in [0.25, 0.3) is 5.91 Å². The van der Waals surface area contributed by atoms with Crippen molar-refractivity contribution in [2.75, 3.05) is 6.61 Å². The van der Waals surface area contributed by atoms with E-state index in [0.717, 1.165) is 0 Å².